The summed E-state index contributed by atoms with van der Waals surface area (Å²) in [5.41, 5.74) is 4.05. The number of halogens is 1. The Balaban J connectivity index is 1.96. The molecular formula is C28H22FN3. The van der Waals surface area contributed by atoms with Crippen molar-refractivity contribution in [1.82, 2.24) is 15.0 Å². The third-order valence-corrected chi connectivity index (χ3v) is 4.96. The lowest BCUT2D eigenvalue weighted by atomic mass is 9.98. The summed E-state index contributed by atoms with van der Waals surface area (Å²) in [7, 11) is 0. The van der Waals surface area contributed by atoms with E-state index in [0.717, 1.165) is 22.3 Å². The van der Waals surface area contributed by atoms with Crippen LogP contribution in [-0.2, 0) is 0 Å². The van der Waals surface area contributed by atoms with Gasteiger partial charge in [0.05, 0.1) is 0 Å². The Hall–Kier alpha value is -4.18. The summed E-state index contributed by atoms with van der Waals surface area (Å²) in [5, 5.41) is 0. The van der Waals surface area contributed by atoms with Crippen LogP contribution in [0, 0.1) is 5.82 Å². The van der Waals surface area contributed by atoms with Crippen LogP contribution in [0.1, 0.15) is 12.5 Å². The maximum atomic E-state index is 14.2. The maximum Gasteiger partial charge on any atom is 0.164 e. The van der Waals surface area contributed by atoms with Crippen LogP contribution in [0.25, 0.3) is 39.7 Å². The van der Waals surface area contributed by atoms with Gasteiger partial charge in [0.15, 0.2) is 17.5 Å². The van der Waals surface area contributed by atoms with Crippen molar-refractivity contribution in [2.45, 2.75) is 6.92 Å². The minimum Gasteiger partial charge on any atom is -0.208 e. The van der Waals surface area contributed by atoms with Crippen molar-refractivity contribution >= 4 is 5.57 Å². The Kier molecular flexibility index (Phi) is 6.42. The van der Waals surface area contributed by atoms with Crippen LogP contribution in [0.5, 0.6) is 0 Å². The summed E-state index contributed by atoms with van der Waals surface area (Å²) in [6.07, 6.45) is 7.33. The lowest BCUT2D eigenvalue weighted by Crippen LogP contribution is -2.02. The Bertz CT molecular complexity index is 1240. The molecule has 4 rings (SSSR count). The molecule has 0 amide bonds. The maximum absolute atomic E-state index is 14.2. The fraction of sp³-hybridized carbons (Fsp3) is 0.0357. The van der Waals surface area contributed by atoms with E-state index in [0.29, 0.717) is 23.0 Å². The Morgan fingerprint density at radius 2 is 1.34 bits per heavy atom. The van der Waals surface area contributed by atoms with Crippen molar-refractivity contribution in [3.63, 3.8) is 0 Å². The second kappa shape index (κ2) is 9.75. The van der Waals surface area contributed by atoms with Gasteiger partial charge in [-0.1, -0.05) is 91.5 Å². The first-order chi connectivity index (χ1) is 15.7. The summed E-state index contributed by atoms with van der Waals surface area (Å²) in [6.45, 7) is 5.64. The van der Waals surface area contributed by atoms with E-state index in [1.807, 2.05) is 85.8 Å². The van der Waals surface area contributed by atoms with E-state index < -0.39 is 0 Å². The summed E-state index contributed by atoms with van der Waals surface area (Å²) < 4.78 is 14.2. The molecule has 4 heteroatoms. The quantitative estimate of drug-likeness (QED) is 0.311. The van der Waals surface area contributed by atoms with Gasteiger partial charge in [-0.2, -0.15) is 0 Å². The zero-order chi connectivity index (χ0) is 22.3. The molecule has 32 heavy (non-hydrogen) atoms. The Labute approximate surface area is 187 Å². The predicted octanol–water partition coefficient (Wildman–Crippen LogP) is 7.16. The van der Waals surface area contributed by atoms with E-state index in [9.17, 15) is 4.39 Å². The summed E-state index contributed by atoms with van der Waals surface area (Å²) in [5.74, 6) is 1.29. The first-order valence-corrected chi connectivity index (χ1v) is 10.3. The molecular weight excluding hydrogens is 397 g/mol. The second-order valence-corrected chi connectivity index (χ2v) is 7.07. The fourth-order valence-corrected chi connectivity index (χ4v) is 3.39. The Morgan fingerprint density at radius 3 is 1.88 bits per heavy atom. The molecule has 0 aliphatic carbocycles. The molecule has 0 spiro atoms. The number of hydrogen-bond donors (Lipinski definition) is 0. The van der Waals surface area contributed by atoms with E-state index in [1.165, 1.54) is 12.1 Å². The highest BCUT2D eigenvalue weighted by atomic mass is 19.1. The van der Waals surface area contributed by atoms with Gasteiger partial charge >= 0.3 is 0 Å². The number of rotatable bonds is 6. The molecule has 0 bridgehead atoms. The summed E-state index contributed by atoms with van der Waals surface area (Å²) >= 11 is 0. The van der Waals surface area contributed by atoms with Crippen LogP contribution in [0.2, 0.25) is 0 Å². The van der Waals surface area contributed by atoms with Gasteiger partial charge in [0, 0.05) is 16.7 Å². The number of aromatic nitrogens is 3. The second-order valence-electron chi connectivity index (χ2n) is 7.07. The van der Waals surface area contributed by atoms with E-state index in [2.05, 4.69) is 6.58 Å². The smallest absolute Gasteiger partial charge is 0.164 e. The van der Waals surface area contributed by atoms with Gasteiger partial charge in [-0.15, -0.1) is 0 Å². The first kappa shape index (κ1) is 21.1. The van der Waals surface area contributed by atoms with Crippen molar-refractivity contribution in [1.29, 1.82) is 0 Å². The van der Waals surface area contributed by atoms with Gasteiger partial charge in [0.2, 0.25) is 0 Å². The van der Waals surface area contributed by atoms with E-state index in [4.69, 9.17) is 15.0 Å². The molecule has 0 fully saturated rings. The molecule has 156 valence electrons. The van der Waals surface area contributed by atoms with Crippen LogP contribution in [-0.4, -0.2) is 15.0 Å². The van der Waals surface area contributed by atoms with Crippen LogP contribution in [0.3, 0.4) is 0 Å². The number of allylic oxidation sites excluding steroid dienone is 5. The van der Waals surface area contributed by atoms with Gasteiger partial charge in [0.1, 0.15) is 5.82 Å². The minimum atomic E-state index is -0.323. The molecule has 1 aromatic heterocycles. The molecule has 0 aliphatic rings. The topological polar surface area (TPSA) is 38.7 Å². The van der Waals surface area contributed by atoms with Gasteiger partial charge in [-0.25, -0.2) is 19.3 Å². The molecule has 0 unspecified atom stereocenters. The fourth-order valence-electron chi connectivity index (χ4n) is 3.39. The predicted molar refractivity (Wildman–Crippen MR) is 129 cm³/mol. The SMILES string of the molecule is C=C/C=C\C(=C/C)c1cc(F)ccc1-c1nc(-c2ccccc2)nc(-c2ccccc2)n1. The number of hydrogen-bond acceptors (Lipinski definition) is 3. The number of benzene rings is 3. The zero-order valence-corrected chi connectivity index (χ0v) is 17.7. The van der Waals surface area contributed by atoms with E-state index in [-0.39, 0.29) is 5.82 Å². The lowest BCUT2D eigenvalue weighted by molar-refractivity contribution is 0.627. The van der Waals surface area contributed by atoms with Gasteiger partial charge < -0.3 is 0 Å². The lowest BCUT2D eigenvalue weighted by Gasteiger charge is -2.12. The highest BCUT2D eigenvalue weighted by Crippen LogP contribution is 2.31. The third-order valence-electron chi connectivity index (χ3n) is 4.96. The normalized spacial score (nSPS) is 11.6. The summed E-state index contributed by atoms with van der Waals surface area (Å²) in [4.78, 5) is 14.3. The molecule has 4 aromatic rings. The monoisotopic (exact) mass is 419 g/mol. The van der Waals surface area contributed by atoms with Crippen molar-refractivity contribution in [2.24, 2.45) is 0 Å². The number of nitrogens with zero attached hydrogens (tertiary/aromatic N) is 3. The first-order valence-electron chi connectivity index (χ1n) is 10.3. The zero-order valence-electron chi connectivity index (χ0n) is 17.7. The van der Waals surface area contributed by atoms with Crippen molar-refractivity contribution in [2.75, 3.05) is 0 Å². The van der Waals surface area contributed by atoms with Crippen LogP contribution >= 0.6 is 0 Å². The summed E-state index contributed by atoms with van der Waals surface area (Å²) in [6, 6.07) is 24.2. The average molecular weight is 420 g/mol. The third kappa shape index (κ3) is 4.60. The molecule has 3 nitrogen and oxygen atoms in total. The van der Waals surface area contributed by atoms with Gasteiger partial charge in [-0.05, 0) is 36.3 Å². The van der Waals surface area contributed by atoms with Crippen molar-refractivity contribution in [3.05, 3.63) is 121 Å². The highest BCUT2D eigenvalue weighted by Gasteiger charge is 2.16. The average Bonchev–Trinajstić information content (AvgIpc) is 2.85. The molecule has 0 radical (unpaired) electrons. The minimum absolute atomic E-state index is 0.323. The molecule has 0 N–H and O–H groups in total. The van der Waals surface area contributed by atoms with Crippen LogP contribution in [0.4, 0.5) is 4.39 Å². The van der Waals surface area contributed by atoms with Crippen molar-refractivity contribution in [3.8, 4) is 34.2 Å². The largest absolute Gasteiger partial charge is 0.208 e. The van der Waals surface area contributed by atoms with Crippen LogP contribution in [0.15, 0.2) is 110 Å². The van der Waals surface area contributed by atoms with Crippen LogP contribution < -0.4 is 0 Å². The standard InChI is InChI=1S/C28H22FN3/c1-3-5-12-20(4-2)25-19-23(29)17-18-24(25)28-31-26(21-13-8-6-9-14-21)30-27(32-28)22-15-10-7-11-16-22/h3-19H,1H2,2H3/b12-5-,20-4+. The molecule has 1 heterocycles. The molecule has 3 aromatic carbocycles. The van der Waals surface area contributed by atoms with E-state index in [1.54, 1.807) is 12.1 Å². The van der Waals surface area contributed by atoms with Gasteiger partial charge in [-0.3, -0.25) is 0 Å². The molecule has 0 aliphatic heterocycles. The highest BCUT2D eigenvalue weighted by molar-refractivity contribution is 5.84. The Morgan fingerprint density at radius 1 is 0.781 bits per heavy atom. The molecule has 0 atom stereocenters. The molecule has 0 saturated carbocycles. The van der Waals surface area contributed by atoms with Crippen molar-refractivity contribution < 1.29 is 4.39 Å². The molecule has 0 saturated heterocycles. The van der Waals surface area contributed by atoms with E-state index >= 15 is 0 Å². The van der Waals surface area contributed by atoms with Gasteiger partial charge in [0.25, 0.3) is 0 Å².